The Labute approximate surface area is 168 Å². The lowest BCUT2D eigenvalue weighted by Gasteiger charge is -2.51. The molecule has 29 heavy (non-hydrogen) atoms. The fraction of sp³-hybridized carbons (Fsp3) is 0.455. The van der Waals surface area contributed by atoms with Gasteiger partial charge in [0.25, 0.3) is 0 Å². The molecule has 1 N–H and O–H groups in total. The number of fused-ring (bicyclic) bond motifs is 3. The van der Waals surface area contributed by atoms with E-state index in [1.54, 1.807) is 12.1 Å². The van der Waals surface area contributed by atoms with E-state index in [-0.39, 0.29) is 12.5 Å². The van der Waals surface area contributed by atoms with Crippen molar-refractivity contribution in [2.24, 2.45) is 5.92 Å². The summed E-state index contributed by atoms with van der Waals surface area (Å²) in [5, 5.41) is 9.39. The van der Waals surface area contributed by atoms with E-state index in [1.165, 1.54) is 18.4 Å². The molecule has 150 valence electrons. The number of hydrogen-bond acceptors (Lipinski definition) is 6. The maximum Gasteiger partial charge on any atom is 0.354 e. The van der Waals surface area contributed by atoms with Crippen molar-refractivity contribution >= 4 is 11.8 Å². The van der Waals surface area contributed by atoms with Gasteiger partial charge in [-0.15, -0.1) is 0 Å². The summed E-state index contributed by atoms with van der Waals surface area (Å²) in [5.74, 6) is 2.37. The number of rotatable bonds is 3. The van der Waals surface area contributed by atoms with Gasteiger partial charge in [-0.25, -0.2) is 9.78 Å². The fourth-order valence-corrected chi connectivity index (χ4v) is 5.82. The van der Waals surface area contributed by atoms with Crippen molar-refractivity contribution in [3.63, 3.8) is 0 Å². The number of aromatic nitrogens is 1. The van der Waals surface area contributed by atoms with E-state index < -0.39 is 5.97 Å². The van der Waals surface area contributed by atoms with Gasteiger partial charge < -0.3 is 19.5 Å². The summed E-state index contributed by atoms with van der Waals surface area (Å²) in [5.41, 5.74) is 1.36. The third-order valence-corrected chi connectivity index (χ3v) is 7.07. The van der Waals surface area contributed by atoms with E-state index in [2.05, 4.69) is 26.9 Å². The van der Waals surface area contributed by atoms with Gasteiger partial charge in [0.2, 0.25) is 6.79 Å². The van der Waals surface area contributed by atoms with Gasteiger partial charge in [-0.3, -0.25) is 4.90 Å². The van der Waals surface area contributed by atoms with Crippen molar-refractivity contribution in [1.29, 1.82) is 0 Å². The first-order valence-corrected chi connectivity index (χ1v) is 10.3. The number of nitrogens with zero attached hydrogens (tertiary/aromatic N) is 3. The van der Waals surface area contributed by atoms with Crippen LogP contribution in [-0.2, 0) is 0 Å². The predicted molar refractivity (Wildman–Crippen MR) is 106 cm³/mol. The summed E-state index contributed by atoms with van der Waals surface area (Å²) in [7, 11) is 0. The first kappa shape index (κ1) is 17.1. The summed E-state index contributed by atoms with van der Waals surface area (Å²) in [6.45, 7) is 3.40. The number of anilines is 1. The summed E-state index contributed by atoms with van der Waals surface area (Å²) >= 11 is 0. The standard InChI is InChI=1S/C22H23N3O4/c26-22(27)16-2-1-3-19(23-16)25-11-15(14-4-5-17-18(10-14)29-12-28-17)21-20(25)13-6-8-24(21)9-7-13/h1-5,10,13,15,20-21H,6-9,11-12H2,(H,26,27)/t15-,20+,21+/m0/s1. The zero-order valence-corrected chi connectivity index (χ0v) is 16.0. The molecule has 0 amide bonds. The Morgan fingerprint density at radius 2 is 1.90 bits per heavy atom. The van der Waals surface area contributed by atoms with Crippen LogP contribution in [0, 0.1) is 5.92 Å². The number of aromatic carboxylic acids is 1. The van der Waals surface area contributed by atoms with Crippen molar-refractivity contribution in [1.82, 2.24) is 9.88 Å². The van der Waals surface area contributed by atoms with Crippen LogP contribution >= 0.6 is 0 Å². The Bertz CT molecular complexity index is 972. The minimum Gasteiger partial charge on any atom is -0.477 e. The molecule has 0 spiro atoms. The predicted octanol–water partition coefficient (Wildman–Crippen LogP) is 2.58. The molecular formula is C22H23N3O4. The molecule has 4 saturated heterocycles. The lowest BCUT2D eigenvalue weighted by Crippen LogP contribution is -2.60. The molecule has 6 heterocycles. The van der Waals surface area contributed by atoms with Crippen LogP contribution < -0.4 is 14.4 Å². The molecule has 0 saturated carbocycles. The average Bonchev–Trinajstić information content (AvgIpc) is 3.40. The van der Waals surface area contributed by atoms with Crippen molar-refractivity contribution in [3.05, 3.63) is 47.7 Å². The number of carbonyl (C=O) groups is 1. The van der Waals surface area contributed by atoms with Gasteiger partial charge >= 0.3 is 5.97 Å². The molecule has 1 aromatic heterocycles. The highest BCUT2D eigenvalue weighted by Crippen LogP contribution is 2.48. The van der Waals surface area contributed by atoms with Gasteiger partial charge in [-0.1, -0.05) is 12.1 Å². The van der Waals surface area contributed by atoms with E-state index in [0.717, 1.165) is 37.0 Å². The molecule has 3 atom stereocenters. The zero-order chi connectivity index (χ0) is 19.5. The molecule has 7 heteroatoms. The molecule has 2 aromatic rings. The van der Waals surface area contributed by atoms with E-state index in [1.807, 2.05) is 12.1 Å². The Balaban J connectivity index is 1.41. The minimum absolute atomic E-state index is 0.104. The third kappa shape index (κ3) is 2.60. The summed E-state index contributed by atoms with van der Waals surface area (Å²) in [6, 6.07) is 12.4. The zero-order valence-electron chi connectivity index (χ0n) is 16.0. The molecule has 7 nitrogen and oxygen atoms in total. The second-order valence-electron chi connectivity index (χ2n) is 8.41. The fourth-order valence-electron chi connectivity index (χ4n) is 5.82. The van der Waals surface area contributed by atoms with Gasteiger partial charge in [-0.2, -0.15) is 0 Å². The molecule has 0 radical (unpaired) electrons. The maximum atomic E-state index is 11.5. The molecule has 5 aliphatic rings. The summed E-state index contributed by atoms with van der Waals surface area (Å²) in [4.78, 5) is 20.9. The Morgan fingerprint density at radius 1 is 1.07 bits per heavy atom. The van der Waals surface area contributed by atoms with Crippen molar-refractivity contribution < 1.29 is 19.4 Å². The van der Waals surface area contributed by atoms with Crippen molar-refractivity contribution in [2.45, 2.75) is 30.8 Å². The molecular weight excluding hydrogens is 370 g/mol. The van der Waals surface area contributed by atoms with Gasteiger partial charge in [0.1, 0.15) is 5.82 Å². The Kier molecular flexibility index (Phi) is 3.74. The third-order valence-electron chi connectivity index (χ3n) is 7.07. The van der Waals surface area contributed by atoms with Crippen LogP contribution in [0.3, 0.4) is 0 Å². The molecule has 2 bridgehead atoms. The highest BCUT2D eigenvalue weighted by Gasteiger charge is 2.53. The monoisotopic (exact) mass is 393 g/mol. The van der Waals surface area contributed by atoms with Crippen LogP contribution in [0.25, 0.3) is 0 Å². The van der Waals surface area contributed by atoms with Gasteiger partial charge in [0.15, 0.2) is 17.2 Å². The Morgan fingerprint density at radius 3 is 2.72 bits per heavy atom. The molecule has 4 fully saturated rings. The number of pyridine rings is 1. The van der Waals surface area contributed by atoms with Gasteiger partial charge in [0.05, 0.1) is 0 Å². The smallest absolute Gasteiger partial charge is 0.354 e. The van der Waals surface area contributed by atoms with Crippen LogP contribution in [0.4, 0.5) is 5.82 Å². The number of carboxylic acids is 1. The van der Waals surface area contributed by atoms with E-state index in [9.17, 15) is 9.90 Å². The second kappa shape index (κ2) is 6.35. The summed E-state index contributed by atoms with van der Waals surface area (Å²) < 4.78 is 11.1. The van der Waals surface area contributed by atoms with Crippen LogP contribution in [0.5, 0.6) is 11.5 Å². The quantitative estimate of drug-likeness (QED) is 0.859. The van der Waals surface area contributed by atoms with Gasteiger partial charge in [0, 0.05) is 24.5 Å². The highest BCUT2D eigenvalue weighted by atomic mass is 16.7. The SMILES string of the molecule is O=C(O)c1cccc(N2C[C@@H](c3ccc4c(c3)OCO4)[C@@H]3[C@H]2C2CCN3CC2)n1. The van der Waals surface area contributed by atoms with E-state index in [0.29, 0.717) is 23.9 Å². The van der Waals surface area contributed by atoms with Gasteiger partial charge in [-0.05, 0) is 61.7 Å². The average molecular weight is 393 g/mol. The minimum atomic E-state index is -0.983. The lowest BCUT2D eigenvalue weighted by atomic mass is 9.75. The van der Waals surface area contributed by atoms with E-state index >= 15 is 0 Å². The lowest BCUT2D eigenvalue weighted by molar-refractivity contribution is 0.0354. The number of ether oxygens (including phenoxy) is 2. The van der Waals surface area contributed by atoms with Crippen LogP contribution in [0.2, 0.25) is 0 Å². The number of piperidine rings is 3. The first-order valence-electron chi connectivity index (χ1n) is 10.3. The molecule has 7 rings (SSSR count). The highest BCUT2D eigenvalue weighted by molar-refractivity contribution is 5.85. The normalized spacial score (nSPS) is 31.7. The van der Waals surface area contributed by atoms with Crippen LogP contribution in [0.15, 0.2) is 36.4 Å². The van der Waals surface area contributed by atoms with E-state index in [4.69, 9.17) is 9.47 Å². The molecule has 5 aliphatic heterocycles. The Hall–Kier alpha value is -2.80. The maximum absolute atomic E-state index is 11.5. The topological polar surface area (TPSA) is 75.1 Å². The summed E-state index contributed by atoms with van der Waals surface area (Å²) in [6.07, 6.45) is 2.40. The molecule has 0 unspecified atom stereocenters. The number of carboxylic acid groups (broad SMARTS) is 1. The second-order valence-corrected chi connectivity index (χ2v) is 8.41. The van der Waals surface area contributed by atoms with Crippen molar-refractivity contribution in [2.75, 3.05) is 31.3 Å². The number of hydrogen-bond donors (Lipinski definition) is 1. The van der Waals surface area contributed by atoms with Crippen LogP contribution in [0.1, 0.15) is 34.8 Å². The first-order chi connectivity index (χ1) is 14.2. The number of benzene rings is 1. The largest absolute Gasteiger partial charge is 0.477 e. The van der Waals surface area contributed by atoms with Crippen molar-refractivity contribution in [3.8, 4) is 11.5 Å². The molecule has 1 aromatic carbocycles. The molecule has 0 aliphatic carbocycles. The van der Waals surface area contributed by atoms with Crippen LogP contribution in [-0.4, -0.2) is 59.5 Å².